The molecule has 2 amide bonds. The topological polar surface area (TPSA) is 76.7 Å². The molecule has 0 unspecified atom stereocenters. The maximum Gasteiger partial charge on any atom is 0.269 e. The first-order chi connectivity index (χ1) is 12.9. The maximum absolute atomic E-state index is 12.3. The number of carbonyl (C=O) groups is 2. The number of rotatable bonds is 7. The first-order valence-electron chi connectivity index (χ1n) is 8.57. The number of ether oxygens (including phenoxy) is 2. The number of benzene rings is 2. The molecular formula is C20H23IN2O4. The van der Waals surface area contributed by atoms with Crippen LogP contribution in [0, 0.1) is 9.49 Å². The summed E-state index contributed by atoms with van der Waals surface area (Å²) in [6.07, 6.45) is 0.938. The monoisotopic (exact) mass is 482 g/mol. The van der Waals surface area contributed by atoms with Gasteiger partial charge >= 0.3 is 0 Å². The Hall–Kier alpha value is -2.29. The van der Waals surface area contributed by atoms with Crippen LogP contribution in [0.3, 0.4) is 0 Å². The summed E-state index contributed by atoms with van der Waals surface area (Å²) in [6.45, 7) is 4.84. The van der Waals surface area contributed by atoms with Crippen molar-refractivity contribution in [1.29, 1.82) is 0 Å². The molecule has 0 aliphatic heterocycles. The molecule has 0 saturated carbocycles. The molecule has 0 bridgehead atoms. The molecule has 0 radical (unpaired) electrons. The summed E-state index contributed by atoms with van der Waals surface area (Å²) in [4.78, 5) is 24.5. The maximum atomic E-state index is 12.3. The smallest absolute Gasteiger partial charge is 0.269 e. The standard InChI is InChI=1S/C20H23IN2O4/c1-13(2)9-10-27-16-6-4-5-14(11-16)19(24)22-23-20(25)15-7-8-18(26-3)17(21)12-15/h4-8,11-13H,9-10H2,1-3H3,(H,22,24)(H,23,25). The number of methoxy groups -OCH3 is 1. The van der Waals surface area contributed by atoms with Gasteiger partial charge < -0.3 is 9.47 Å². The minimum absolute atomic E-state index is 0.404. The zero-order valence-corrected chi connectivity index (χ0v) is 17.7. The molecule has 0 atom stereocenters. The van der Waals surface area contributed by atoms with Crippen molar-refractivity contribution >= 4 is 34.4 Å². The summed E-state index contributed by atoms with van der Waals surface area (Å²) in [5.74, 6) is 1.03. The van der Waals surface area contributed by atoms with Crippen molar-refractivity contribution in [3.8, 4) is 11.5 Å². The van der Waals surface area contributed by atoms with E-state index in [1.807, 2.05) is 0 Å². The van der Waals surface area contributed by atoms with E-state index in [1.165, 1.54) is 0 Å². The molecule has 0 spiro atoms. The van der Waals surface area contributed by atoms with E-state index in [9.17, 15) is 9.59 Å². The quantitative estimate of drug-likeness (QED) is 0.465. The Morgan fingerprint density at radius 1 is 1.04 bits per heavy atom. The zero-order chi connectivity index (χ0) is 19.8. The van der Waals surface area contributed by atoms with Crippen molar-refractivity contribution in [1.82, 2.24) is 10.9 Å². The number of amides is 2. The van der Waals surface area contributed by atoms with Crippen LogP contribution in [0.5, 0.6) is 11.5 Å². The van der Waals surface area contributed by atoms with E-state index < -0.39 is 11.8 Å². The third kappa shape index (κ3) is 6.42. The molecule has 7 heteroatoms. The third-order valence-corrected chi connectivity index (χ3v) is 4.61. The Balaban J connectivity index is 1.93. The van der Waals surface area contributed by atoms with Gasteiger partial charge in [-0.2, -0.15) is 0 Å². The molecular weight excluding hydrogens is 459 g/mol. The van der Waals surface area contributed by atoms with E-state index in [0.717, 1.165) is 9.99 Å². The Bertz CT molecular complexity index is 808. The highest BCUT2D eigenvalue weighted by atomic mass is 127. The lowest BCUT2D eigenvalue weighted by molar-refractivity contribution is 0.0846. The van der Waals surface area contributed by atoms with E-state index in [2.05, 4.69) is 47.3 Å². The Labute approximate surface area is 172 Å². The highest BCUT2D eigenvalue weighted by Gasteiger charge is 2.12. The van der Waals surface area contributed by atoms with Crippen molar-refractivity contribution in [2.75, 3.05) is 13.7 Å². The van der Waals surface area contributed by atoms with Gasteiger partial charge in [0.15, 0.2) is 0 Å². The van der Waals surface area contributed by atoms with Crippen molar-refractivity contribution in [2.45, 2.75) is 20.3 Å². The number of nitrogens with one attached hydrogen (secondary N) is 2. The van der Waals surface area contributed by atoms with Gasteiger partial charge in [0.25, 0.3) is 11.8 Å². The van der Waals surface area contributed by atoms with E-state index in [4.69, 9.17) is 9.47 Å². The van der Waals surface area contributed by atoms with E-state index in [1.54, 1.807) is 49.6 Å². The van der Waals surface area contributed by atoms with Crippen LogP contribution < -0.4 is 20.3 Å². The number of hydrogen-bond donors (Lipinski definition) is 2. The van der Waals surface area contributed by atoms with E-state index >= 15 is 0 Å². The lowest BCUT2D eigenvalue weighted by Crippen LogP contribution is -2.41. The van der Waals surface area contributed by atoms with Crippen LogP contribution in [0.2, 0.25) is 0 Å². The van der Waals surface area contributed by atoms with Crippen LogP contribution in [0.15, 0.2) is 42.5 Å². The number of hydrazine groups is 1. The summed E-state index contributed by atoms with van der Waals surface area (Å²) in [5.41, 5.74) is 5.66. The van der Waals surface area contributed by atoms with Gasteiger partial charge in [-0.15, -0.1) is 0 Å². The second kappa shape index (κ2) is 10.1. The molecule has 0 aliphatic rings. The lowest BCUT2D eigenvalue weighted by Gasteiger charge is -2.11. The van der Waals surface area contributed by atoms with Gasteiger partial charge in [-0.05, 0) is 71.3 Å². The Morgan fingerprint density at radius 3 is 2.30 bits per heavy atom. The third-order valence-electron chi connectivity index (χ3n) is 3.76. The van der Waals surface area contributed by atoms with Crippen LogP contribution in [0.1, 0.15) is 41.0 Å². The first-order valence-corrected chi connectivity index (χ1v) is 9.65. The van der Waals surface area contributed by atoms with Crippen molar-refractivity contribution in [3.05, 3.63) is 57.2 Å². The Kier molecular flexibility index (Phi) is 7.90. The van der Waals surface area contributed by atoms with Gasteiger partial charge in [-0.25, -0.2) is 0 Å². The van der Waals surface area contributed by atoms with E-state index in [-0.39, 0.29) is 0 Å². The highest BCUT2D eigenvalue weighted by Crippen LogP contribution is 2.21. The van der Waals surface area contributed by atoms with Crippen molar-refractivity contribution < 1.29 is 19.1 Å². The van der Waals surface area contributed by atoms with Gasteiger partial charge in [-0.3, -0.25) is 20.4 Å². The summed E-state index contributed by atoms with van der Waals surface area (Å²) >= 11 is 2.08. The molecule has 6 nitrogen and oxygen atoms in total. The number of hydrogen-bond acceptors (Lipinski definition) is 4. The number of halogens is 1. The molecule has 0 saturated heterocycles. The number of carbonyl (C=O) groups excluding carboxylic acids is 2. The summed E-state index contributed by atoms with van der Waals surface area (Å²) in [7, 11) is 1.57. The summed E-state index contributed by atoms with van der Waals surface area (Å²) in [6, 6.07) is 11.9. The van der Waals surface area contributed by atoms with Crippen molar-refractivity contribution in [3.63, 3.8) is 0 Å². The van der Waals surface area contributed by atoms with Crippen LogP contribution in [0.4, 0.5) is 0 Å². The molecule has 0 fully saturated rings. The van der Waals surface area contributed by atoms with Crippen LogP contribution in [0.25, 0.3) is 0 Å². The minimum Gasteiger partial charge on any atom is -0.496 e. The summed E-state index contributed by atoms with van der Waals surface area (Å²) < 4.78 is 11.6. The van der Waals surface area contributed by atoms with E-state index in [0.29, 0.717) is 35.2 Å². The van der Waals surface area contributed by atoms with Gasteiger partial charge in [-0.1, -0.05) is 19.9 Å². The average Bonchev–Trinajstić information content (AvgIpc) is 2.65. The minimum atomic E-state index is -0.416. The molecule has 0 aliphatic carbocycles. The average molecular weight is 482 g/mol. The fourth-order valence-electron chi connectivity index (χ4n) is 2.21. The molecule has 2 aromatic carbocycles. The molecule has 27 heavy (non-hydrogen) atoms. The second-order valence-corrected chi connectivity index (χ2v) is 7.48. The fourth-order valence-corrected chi connectivity index (χ4v) is 2.94. The molecule has 2 N–H and O–H groups in total. The zero-order valence-electron chi connectivity index (χ0n) is 15.5. The molecule has 0 heterocycles. The van der Waals surface area contributed by atoms with Crippen LogP contribution in [-0.4, -0.2) is 25.5 Å². The van der Waals surface area contributed by atoms with Crippen LogP contribution in [-0.2, 0) is 0 Å². The predicted molar refractivity (Wildman–Crippen MR) is 112 cm³/mol. The predicted octanol–water partition coefficient (Wildman–Crippen LogP) is 3.80. The second-order valence-electron chi connectivity index (χ2n) is 6.32. The van der Waals surface area contributed by atoms with Gasteiger partial charge in [0.2, 0.25) is 0 Å². The SMILES string of the molecule is COc1ccc(C(=O)NNC(=O)c2cccc(OCCC(C)C)c2)cc1I. The lowest BCUT2D eigenvalue weighted by atomic mass is 10.1. The first kappa shape index (κ1) is 21.0. The van der Waals surface area contributed by atoms with Gasteiger partial charge in [0.05, 0.1) is 17.3 Å². The van der Waals surface area contributed by atoms with Crippen LogP contribution >= 0.6 is 22.6 Å². The van der Waals surface area contributed by atoms with Crippen molar-refractivity contribution in [2.24, 2.45) is 5.92 Å². The molecule has 0 aromatic heterocycles. The van der Waals surface area contributed by atoms with Gasteiger partial charge in [0, 0.05) is 11.1 Å². The molecule has 2 aromatic rings. The fraction of sp³-hybridized carbons (Fsp3) is 0.300. The Morgan fingerprint density at radius 2 is 1.70 bits per heavy atom. The summed E-state index contributed by atoms with van der Waals surface area (Å²) in [5, 5.41) is 0. The molecule has 2 rings (SSSR count). The normalized spacial score (nSPS) is 10.4. The largest absolute Gasteiger partial charge is 0.496 e. The molecule has 144 valence electrons. The van der Waals surface area contributed by atoms with Gasteiger partial charge in [0.1, 0.15) is 11.5 Å². The highest BCUT2D eigenvalue weighted by molar-refractivity contribution is 14.1.